The molecule has 38 heavy (non-hydrogen) atoms. The number of hydrogen-bond donors (Lipinski definition) is 0. The van der Waals surface area contributed by atoms with Crippen LogP contribution in [0.2, 0.25) is 0 Å². The predicted octanol–water partition coefficient (Wildman–Crippen LogP) is 6.08. The van der Waals surface area contributed by atoms with Gasteiger partial charge in [0, 0.05) is 13.1 Å². The van der Waals surface area contributed by atoms with Crippen LogP contribution in [0.4, 0.5) is 4.79 Å². The molecule has 0 spiro atoms. The molecule has 1 aromatic heterocycles. The number of amides is 1. The minimum atomic E-state index is -0.490. The van der Waals surface area contributed by atoms with Gasteiger partial charge < -0.3 is 14.4 Å². The molecule has 0 aliphatic carbocycles. The predicted molar refractivity (Wildman–Crippen MR) is 148 cm³/mol. The Bertz CT molecular complexity index is 1470. The van der Waals surface area contributed by atoms with Crippen molar-refractivity contribution in [3.8, 4) is 11.4 Å². The van der Waals surface area contributed by atoms with Crippen molar-refractivity contribution in [2.75, 3.05) is 13.1 Å². The maximum atomic E-state index is 13.4. The highest BCUT2D eigenvalue weighted by Gasteiger charge is 2.27. The zero-order chi connectivity index (χ0) is 26.7. The highest BCUT2D eigenvalue weighted by atomic mass is 16.6. The van der Waals surface area contributed by atoms with Crippen LogP contribution < -0.4 is 10.3 Å². The van der Waals surface area contributed by atoms with Crippen LogP contribution in [0.5, 0.6) is 5.75 Å². The fraction of sp³-hybridized carbons (Fsp3) is 0.323. The Hall–Kier alpha value is -4.13. The minimum Gasteiger partial charge on any atom is -0.489 e. The third-order valence-electron chi connectivity index (χ3n) is 6.77. The lowest BCUT2D eigenvalue weighted by Crippen LogP contribution is -2.41. The average molecular weight is 512 g/mol. The number of hydrogen-bond acceptors (Lipinski definition) is 5. The molecule has 0 N–H and O–H groups in total. The second-order valence-corrected chi connectivity index (χ2v) is 10.7. The summed E-state index contributed by atoms with van der Waals surface area (Å²) in [4.78, 5) is 32.0. The number of aromatic nitrogens is 2. The van der Waals surface area contributed by atoms with Gasteiger partial charge in [-0.25, -0.2) is 9.78 Å². The largest absolute Gasteiger partial charge is 0.489 e. The number of rotatable bonds is 5. The number of carbonyl (C=O) groups is 1. The first-order chi connectivity index (χ1) is 18.3. The van der Waals surface area contributed by atoms with Gasteiger partial charge in [0.2, 0.25) is 0 Å². The van der Waals surface area contributed by atoms with Gasteiger partial charge in [0.25, 0.3) is 5.56 Å². The Morgan fingerprint density at radius 3 is 2.37 bits per heavy atom. The molecule has 0 unspecified atom stereocenters. The van der Waals surface area contributed by atoms with Gasteiger partial charge in [0.15, 0.2) is 0 Å². The van der Waals surface area contributed by atoms with Gasteiger partial charge in [0.05, 0.1) is 16.6 Å². The van der Waals surface area contributed by atoms with Crippen LogP contribution in [0, 0.1) is 0 Å². The lowest BCUT2D eigenvalue weighted by atomic mass is 9.89. The number of nitrogens with zero attached hydrogens (tertiary/aromatic N) is 3. The molecule has 7 nitrogen and oxygen atoms in total. The first kappa shape index (κ1) is 25.5. The monoisotopic (exact) mass is 511 g/mol. The molecular weight excluding hydrogens is 478 g/mol. The Labute approximate surface area is 222 Å². The number of benzene rings is 3. The quantitative estimate of drug-likeness (QED) is 0.325. The molecular formula is C31H33N3O4. The van der Waals surface area contributed by atoms with Gasteiger partial charge in [-0.2, -0.15) is 0 Å². The molecule has 1 fully saturated rings. The highest BCUT2D eigenvalue weighted by Crippen LogP contribution is 2.29. The Morgan fingerprint density at radius 1 is 0.974 bits per heavy atom. The zero-order valence-electron chi connectivity index (χ0n) is 22.1. The number of ether oxygens (including phenoxy) is 2. The van der Waals surface area contributed by atoms with E-state index >= 15 is 0 Å². The maximum Gasteiger partial charge on any atom is 0.410 e. The van der Waals surface area contributed by atoms with Gasteiger partial charge in [-0.05, 0) is 81.0 Å². The molecule has 3 aromatic carbocycles. The fourth-order valence-electron chi connectivity index (χ4n) is 4.74. The van der Waals surface area contributed by atoms with Crippen molar-refractivity contribution in [1.82, 2.24) is 14.5 Å². The summed E-state index contributed by atoms with van der Waals surface area (Å²) < 4.78 is 13.0. The van der Waals surface area contributed by atoms with E-state index in [9.17, 15) is 9.59 Å². The fourth-order valence-corrected chi connectivity index (χ4v) is 4.74. The van der Waals surface area contributed by atoms with Crippen molar-refractivity contribution in [3.05, 3.63) is 101 Å². The molecule has 1 aliphatic heterocycles. The van der Waals surface area contributed by atoms with E-state index in [0.717, 1.165) is 24.1 Å². The normalized spacial score (nSPS) is 14.4. The summed E-state index contributed by atoms with van der Waals surface area (Å²) in [5, 5.41) is 0.511. The molecule has 4 aromatic rings. The number of likely N-dealkylation sites (tertiary alicyclic amines) is 1. The maximum absolute atomic E-state index is 13.4. The molecule has 1 amide bonds. The van der Waals surface area contributed by atoms with Crippen LogP contribution in [0.25, 0.3) is 16.6 Å². The first-order valence-electron chi connectivity index (χ1n) is 13.0. The molecule has 196 valence electrons. The Balaban J connectivity index is 1.28. The third-order valence-corrected chi connectivity index (χ3v) is 6.77. The Morgan fingerprint density at radius 2 is 1.68 bits per heavy atom. The molecule has 0 bridgehead atoms. The summed E-state index contributed by atoms with van der Waals surface area (Å²) in [6, 6.07) is 23.4. The van der Waals surface area contributed by atoms with E-state index in [1.54, 1.807) is 21.9 Å². The summed E-state index contributed by atoms with van der Waals surface area (Å²) in [6.07, 6.45) is 3.08. The lowest BCUT2D eigenvalue weighted by Gasteiger charge is -2.33. The lowest BCUT2D eigenvalue weighted by molar-refractivity contribution is 0.0205. The molecule has 5 rings (SSSR count). The topological polar surface area (TPSA) is 73.7 Å². The SMILES string of the molecule is CC(C)(C)OC(=O)N1CCC(c2ccc(-n3cnc4ccc(OCc5ccccc5)cc4c3=O)cc2)CC1. The summed E-state index contributed by atoms with van der Waals surface area (Å²) in [7, 11) is 0. The number of fused-ring (bicyclic) bond motifs is 1. The van der Waals surface area contributed by atoms with Crippen LogP contribution in [0.15, 0.2) is 83.9 Å². The average Bonchev–Trinajstić information content (AvgIpc) is 2.92. The van der Waals surface area contributed by atoms with Crippen molar-refractivity contribution in [2.45, 2.75) is 51.7 Å². The number of piperidine rings is 1. The molecule has 0 saturated carbocycles. The van der Waals surface area contributed by atoms with E-state index in [4.69, 9.17) is 9.47 Å². The van der Waals surface area contributed by atoms with Gasteiger partial charge in [-0.15, -0.1) is 0 Å². The summed E-state index contributed by atoms with van der Waals surface area (Å²) in [5.41, 5.74) is 3.03. The van der Waals surface area contributed by atoms with E-state index < -0.39 is 5.60 Å². The summed E-state index contributed by atoms with van der Waals surface area (Å²) >= 11 is 0. The van der Waals surface area contributed by atoms with Crippen LogP contribution in [0.1, 0.15) is 50.7 Å². The van der Waals surface area contributed by atoms with Crippen molar-refractivity contribution >= 4 is 17.0 Å². The zero-order valence-corrected chi connectivity index (χ0v) is 22.1. The smallest absolute Gasteiger partial charge is 0.410 e. The molecule has 1 saturated heterocycles. The van der Waals surface area contributed by atoms with Crippen LogP contribution >= 0.6 is 0 Å². The van der Waals surface area contributed by atoms with Crippen LogP contribution in [-0.2, 0) is 11.3 Å². The second-order valence-electron chi connectivity index (χ2n) is 10.7. The third kappa shape index (κ3) is 5.88. The highest BCUT2D eigenvalue weighted by molar-refractivity contribution is 5.79. The number of carbonyl (C=O) groups excluding carboxylic acids is 1. The molecule has 1 aliphatic rings. The van der Waals surface area contributed by atoms with E-state index in [2.05, 4.69) is 17.1 Å². The van der Waals surface area contributed by atoms with Crippen LogP contribution in [0.3, 0.4) is 0 Å². The van der Waals surface area contributed by atoms with Crippen molar-refractivity contribution in [1.29, 1.82) is 0 Å². The van der Waals surface area contributed by atoms with Crippen molar-refractivity contribution < 1.29 is 14.3 Å². The van der Waals surface area contributed by atoms with Gasteiger partial charge in [0.1, 0.15) is 24.3 Å². The van der Waals surface area contributed by atoms with Gasteiger partial charge in [-0.3, -0.25) is 9.36 Å². The second kappa shape index (κ2) is 10.7. The van der Waals surface area contributed by atoms with E-state index in [1.165, 1.54) is 5.56 Å². The van der Waals surface area contributed by atoms with Gasteiger partial charge in [-0.1, -0.05) is 42.5 Å². The molecule has 0 radical (unpaired) electrons. The molecule has 0 atom stereocenters. The van der Waals surface area contributed by atoms with Crippen molar-refractivity contribution in [2.24, 2.45) is 0 Å². The molecule has 7 heteroatoms. The first-order valence-corrected chi connectivity index (χ1v) is 13.0. The summed E-state index contributed by atoms with van der Waals surface area (Å²) in [6.45, 7) is 7.42. The Kier molecular flexibility index (Phi) is 7.18. The van der Waals surface area contributed by atoms with E-state index in [1.807, 2.05) is 75.4 Å². The minimum absolute atomic E-state index is 0.140. The van der Waals surface area contributed by atoms with E-state index in [-0.39, 0.29) is 11.7 Å². The van der Waals surface area contributed by atoms with Crippen molar-refractivity contribution in [3.63, 3.8) is 0 Å². The summed E-state index contributed by atoms with van der Waals surface area (Å²) in [5.74, 6) is 0.990. The molecule has 2 heterocycles. The van der Waals surface area contributed by atoms with E-state index in [0.29, 0.717) is 42.3 Å². The van der Waals surface area contributed by atoms with Gasteiger partial charge >= 0.3 is 6.09 Å². The standard InChI is InChI=1S/C31H33N3O4/c1-31(2,3)38-30(36)33-17-15-24(16-18-33)23-9-11-25(12-10-23)34-21-32-28-14-13-26(19-27(28)29(34)35)37-20-22-7-5-4-6-8-22/h4-14,19,21,24H,15-18,20H2,1-3H3. The van der Waals surface area contributed by atoms with Crippen LogP contribution in [-0.4, -0.2) is 39.2 Å².